The first-order chi connectivity index (χ1) is 22.3. The molecule has 0 aliphatic carbocycles. The van der Waals surface area contributed by atoms with E-state index in [1.165, 1.54) is 6.07 Å². The minimum atomic E-state index is -0.683. The van der Waals surface area contributed by atoms with Crippen LogP contribution in [0.2, 0.25) is 5.02 Å². The fourth-order valence-corrected chi connectivity index (χ4v) is 6.23. The van der Waals surface area contributed by atoms with Gasteiger partial charge in [-0.05, 0) is 62.8 Å². The van der Waals surface area contributed by atoms with Gasteiger partial charge in [-0.2, -0.15) is 0 Å². The highest BCUT2D eigenvalue weighted by molar-refractivity contribution is 6.33. The molecule has 0 saturated carbocycles. The summed E-state index contributed by atoms with van der Waals surface area (Å²) >= 11 is 6.40. The Labute approximate surface area is 270 Å². The number of ether oxygens (including phenoxy) is 1. The number of anilines is 2. The van der Waals surface area contributed by atoms with Crippen LogP contribution in [0.3, 0.4) is 0 Å². The number of carbonyl (C=O) groups excluding carboxylic acids is 2. The number of halogens is 2. The molecule has 2 atom stereocenters. The quantitative estimate of drug-likeness (QED) is 0.212. The van der Waals surface area contributed by atoms with E-state index in [0.29, 0.717) is 79.7 Å². The van der Waals surface area contributed by atoms with Crippen LogP contribution in [0.15, 0.2) is 48.9 Å². The third-order valence-electron chi connectivity index (χ3n) is 8.49. The zero-order valence-electron chi connectivity index (χ0n) is 25.6. The van der Waals surface area contributed by atoms with Crippen molar-refractivity contribution in [1.29, 1.82) is 0 Å². The Morgan fingerprint density at radius 3 is 2.67 bits per heavy atom. The van der Waals surface area contributed by atoms with Crippen molar-refractivity contribution in [3.05, 3.63) is 70.9 Å². The largest absolute Gasteiger partial charge is 0.475 e. The first-order valence-electron chi connectivity index (χ1n) is 15.2. The number of piperidine rings is 1. The SMILES string of the molecule is CNCOc1ccc(-c2cnc3c(Nc4ccc(C(=O)N5CCN(C(=O)[C@H]6CCNC[C@@H]6O)CC5)c(C)c4)nccn23)c(Cl)c1F. The summed E-state index contributed by atoms with van der Waals surface area (Å²) in [6.07, 6.45) is 4.86. The number of imidazole rings is 1. The Kier molecular flexibility index (Phi) is 9.36. The summed E-state index contributed by atoms with van der Waals surface area (Å²) < 4.78 is 22.1. The molecule has 2 aliphatic rings. The van der Waals surface area contributed by atoms with Gasteiger partial charge in [-0.1, -0.05) is 11.6 Å². The average molecular weight is 651 g/mol. The van der Waals surface area contributed by atoms with Crippen LogP contribution >= 0.6 is 11.6 Å². The lowest BCUT2D eigenvalue weighted by Crippen LogP contribution is -2.55. The van der Waals surface area contributed by atoms with Crippen LogP contribution in [-0.4, -0.2) is 100 Å². The molecular formula is C32H36ClFN8O4. The Morgan fingerprint density at radius 1 is 1.15 bits per heavy atom. The average Bonchev–Trinajstić information content (AvgIpc) is 3.50. The third-order valence-corrected chi connectivity index (χ3v) is 8.86. The number of piperazine rings is 1. The van der Waals surface area contributed by atoms with E-state index >= 15 is 0 Å². The predicted octanol–water partition coefficient (Wildman–Crippen LogP) is 3.05. The van der Waals surface area contributed by atoms with Gasteiger partial charge in [-0.15, -0.1) is 0 Å². The smallest absolute Gasteiger partial charge is 0.254 e. The van der Waals surface area contributed by atoms with E-state index in [2.05, 4.69) is 25.9 Å². The molecule has 4 N–H and O–H groups in total. The first-order valence-corrected chi connectivity index (χ1v) is 15.6. The highest BCUT2D eigenvalue weighted by Gasteiger charge is 2.34. The van der Waals surface area contributed by atoms with Gasteiger partial charge in [0.15, 0.2) is 23.0 Å². The van der Waals surface area contributed by atoms with E-state index in [1.807, 2.05) is 19.1 Å². The molecule has 0 radical (unpaired) electrons. The van der Waals surface area contributed by atoms with Crippen LogP contribution in [0.5, 0.6) is 5.75 Å². The highest BCUT2D eigenvalue weighted by atomic mass is 35.5. The number of aryl methyl sites for hydroxylation is 1. The van der Waals surface area contributed by atoms with Crippen molar-refractivity contribution in [3.8, 4) is 17.0 Å². The highest BCUT2D eigenvalue weighted by Crippen LogP contribution is 2.36. The maximum Gasteiger partial charge on any atom is 0.254 e. The summed E-state index contributed by atoms with van der Waals surface area (Å²) in [5, 5.41) is 19.4. The fraction of sp³-hybridized carbons (Fsp3) is 0.375. The number of hydrogen-bond acceptors (Lipinski definition) is 9. The fourth-order valence-electron chi connectivity index (χ4n) is 5.98. The van der Waals surface area contributed by atoms with Crippen molar-refractivity contribution in [2.24, 2.45) is 5.92 Å². The molecule has 2 amide bonds. The summed E-state index contributed by atoms with van der Waals surface area (Å²) in [6.45, 7) is 4.88. The lowest BCUT2D eigenvalue weighted by atomic mass is 9.93. The number of nitrogens with one attached hydrogen (secondary N) is 3. The number of β-amino-alcohol motifs (C(OH)–C–C–N with tert-alkyl or cyclic N) is 1. The topological polar surface area (TPSA) is 136 Å². The number of hydrogen-bond donors (Lipinski definition) is 4. The van der Waals surface area contributed by atoms with Gasteiger partial charge in [0.25, 0.3) is 5.91 Å². The summed E-state index contributed by atoms with van der Waals surface area (Å²) in [7, 11) is 1.69. The van der Waals surface area contributed by atoms with E-state index in [-0.39, 0.29) is 29.3 Å². The van der Waals surface area contributed by atoms with Gasteiger partial charge in [0.1, 0.15) is 6.73 Å². The van der Waals surface area contributed by atoms with Gasteiger partial charge in [-0.25, -0.2) is 14.4 Å². The van der Waals surface area contributed by atoms with Crippen molar-refractivity contribution in [2.75, 3.05) is 58.4 Å². The zero-order chi connectivity index (χ0) is 32.4. The van der Waals surface area contributed by atoms with Gasteiger partial charge in [-0.3, -0.25) is 19.3 Å². The van der Waals surface area contributed by atoms with E-state index in [1.54, 1.807) is 52.0 Å². The standard InChI is InChI=1S/C32H36ClFN8O4/c1-19-15-20(3-4-21(19)31(44)40-11-13-41(14-12-40)32(45)23-7-8-36-17-25(23)43)39-29-30-38-16-24(42(30)10-9-37-29)22-5-6-26(46-18-35-2)28(34)27(22)33/h3-6,9-10,15-16,23,25,35-36,43H,7-8,11-14,17-18H2,1-2H3,(H,37,39)/t23-,25-/m0/s1. The van der Waals surface area contributed by atoms with Gasteiger partial charge < -0.3 is 30.3 Å². The number of fused-ring (bicyclic) bond motifs is 1. The van der Waals surface area contributed by atoms with Crippen molar-refractivity contribution < 1.29 is 23.8 Å². The van der Waals surface area contributed by atoms with Gasteiger partial charge in [0.05, 0.1) is 28.9 Å². The Balaban J connectivity index is 1.14. The third kappa shape index (κ3) is 6.23. The Hall–Kier alpha value is -4.30. The van der Waals surface area contributed by atoms with Gasteiger partial charge in [0.2, 0.25) is 5.91 Å². The second-order valence-corrected chi connectivity index (χ2v) is 11.8. The summed E-state index contributed by atoms with van der Waals surface area (Å²) in [4.78, 5) is 38.9. The number of aliphatic hydroxyl groups excluding tert-OH is 1. The van der Waals surface area contributed by atoms with E-state index in [0.717, 1.165) is 5.56 Å². The first kappa shape index (κ1) is 31.7. The number of aromatic nitrogens is 3. The zero-order valence-corrected chi connectivity index (χ0v) is 26.4. The van der Waals surface area contributed by atoms with Crippen LogP contribution in [0.25, 0.3) is 16.9 Å². The van der Waals surface area contributed by atoms with Crippen LogP contribution in [-0.2, 0) is 4.79 Å². The number of aliphatic hydroxyl groups is 1. The second-order valence-electron chi connectivity index (χ2n) is 11.4. The molecule has 0 bridgehead atoms. The maximum atomic E-state index is 14.9. The minimum absolute atomic E-state index is 0.0381. The molecule has 2 aromatic carbocycles. The van der Waals surface area contributed by atoms with Crippen LogP contribution in [0, 0.1) is 18.7 Å². The van der Waals surface area contributed by atoms with Crippen LogP contribution < -0.4 is 20.7 Å². The molecule has 4 aromatic rings. The lowest BCUT2D eigenvalue weighted by molar-refractivity contribution is -0.141. The molecule has 46 heavy (non-hydrogen) atoms. The number of nitrogens with zero attached hydrogens (tertiary/aromatic N) is 5. The van der Waals surface area contributed by atoms with Crippen molar-refractivity contribution in [1.82, 2.24) is 34.8 Å². The van der Waals surface area contributed by atoms with Gasteiger partial charge >= 0.3 is 0 Å². The van der Waals surface area contributed by atoms with Crippen LogP contribution in [0.4, 0.5) is 15.9 Å². The lowest BCUT2D eigenvalue weighted by Gasteiger charge is -2.38. The molecular weight excluding hydrogens is 615 g/mol. The van der Waals surface area contributed by atoms with E-state index < -0.39 is 17.8 Å². The van der Waals surface area contributed by atoms with Crippen molar-refractivity contribution in [3.63, 3.8) is 0 Å². The molecule has 2 saturated heterocycles. The summed E-state index contributed by atoms with van der Waals surface area (Å²) in [6, 6.07) is 8.67. The van der Waals surface area contributed by atoms with E-state index in [9.17, 15) is 19.1 Å². The molecule has 6 rings (SSSR count). The minimum Gasteiger partial charge on any atom is -0.475 e. The summed E-state index contributed by atoms with van der Waals surface area (Å²) in [5.74, 6) is -0.669. The molecule has 2 aliphatic heterocycles. The predicted molar refractivity (Wildman–Crippen MR) is 172 cm³/mol. The molecule has 242 valence electrons. The van der Waals surface area contributed by atoms with Crippen molar-refractivity contribution >= 4 is 40.6 Å². The molecule has 0 spiro atoms. The number of amides is 2. The maximum absolute atomic E-state index is 14.9. The normalized spacial score (nSPS) is 18.5. The molecule has 2 fully saturated rings. The Bertz CT molecular complexity index is 1760. The molecule has 2 aromatic heterocycles. The Morgan fingerprint density at radius 2 is 1.93 bits per heavy atom. The molecule has 4 heterocycles. The molecule has 14 heteroatoms. The molecule has 12 nitrogen and oxygen atoms in total. The second kappa shape index (κ2) is 13.6. The monoisotopic (exact) mass is 650 g/mol. The van der Waals surface area contributed by atoms with Crippen molar-refractivity contribution in [2.45, 2.75) is 19.4 Å². The van der Waals surface area contributed by atoms with E-state index in [4.69, 9.17) is 16.3 Å². The van der Waals surface area contributed by atoms with Gasteiger partial charge in [0, 0.05) is 61.9 Å². The number of carbonyl (C=O) groups is 2. The van der Waals surface area contributed by atoms with Crippen LogP contribution in [0.1, 0.15) is 22.3 Å². The molecule has 0 unspecified atom stereocenters. The number of benzene rings is 2. The number of rotatable bonds is 8. The summed E-state index contributed by atoms with van der Waals surface area (Å²) in [5.41, 5.74) is 3.61.